The minimum absolute atomic E-state index is 0.156. The van der Waals surface area contributed by atoms with Gasteiger partial charge in [0.25, 0.3) is 5.60 Å². The summed E-state index contributed by atoms with van der Waals surface area (Å²) in [6.07, 6.45) is -0.310. The first-order valence-corrected chi connectivity index (χ1v) is 3.76. The third-order valence-corrected chi connectivity index (χ3v) is 1.92. The molecule has 1 heterocycles. The van der Waals surface area contributed by atoms with Crippen LogP contribution in [-0.2, 0) is 14.3 Å². The maximum Gasteiger partial charge on any atom is 0.356 e. The Kier molecular flexibility index (Phi) is 2.07. The average molecular weight is 169 g/mol. The van der Waals surface area contributed by atoms with Crippen LogP contribution >= 0.6 is 0 Å². The number of ether oxygens (including phenoxy) is 2. The summed E-state index contributed by atoms with van der Waals surface area (Å²) in [5.74, 6) is -0.438. The quantitative estimate of drug-likeness (QED) is 0.445. The Morgan fingerprint density at radius 2 is 2.33 bits per heavy atom. The van der Waals surface area contributed by atoms with Crippen LogP contribution < -0.4 is 0 Å². The van der Waals surface area contributed by atoms with Crippen LogP contribution in [0.2, 0.25) is 0 Å². The lowest BCUT2D eigenvalue weighted by molar-refractivity contribution is -0.144. The first kappa shape index (κ1) is 9.01. The molecule has 0 aliphatic carbocycles. The van der Waals surface area contributed by atoms with Gasteiger partial charge in [0.05, 0.1) is 7.11 Å². The highest BCUT2D eigenvalue weighted by Crippen LogP contribution is 2.41. The molecular weight excluding hydrogens is 158 g/mol. The topological polar surface area (TPSA) is 62.6 Å². The smallest absolute Gasteiger partial charge is 0.356 e. The number of hydrogen-bond donors (Lipinski definition) is 0. The first-order chi connectivity index (χ1) is 5.58. The van der Waals surface area contributed by atoms with Gasteiger partial charge in [-0.05, 0) is 5.92 Å². The van der Waals surface area contributed by atoms with Crippen LogP contribution in [-0.4, -0.2) is 24.8 Å². The predicted molar refractivity (Wildman–Crippen MR) is 40.1 cm³/mol. The minimum atomic E-state index is -1.32. The Morgan fingerprint density at radius 1 is 1.75 bits per heavy atom. The van der Waals surface area contributed by atoms with E-state index in [0.29, 0.717) is 0 Å². The van der Waals surface area contributed by atoms with Gasteiger partial charge in [-0.15, -0.1) is 0 Å². The van der Waals surface area contributed by atoms with Crippen LogP contribution in [0.1, 0.15) is 13.8 Å². The SMILES string of the molecule is COC(=O)[C@]1(C#N)O[C@H]1C(C)C. The van der Waals surface area contributed by atoms with Gasteiger partial charge in [-0.25, -0.2) is 4.79 Å². The summed E-state index contributed by atoms with van der Waals surface area (Å²) in [6.45, 7) is 3.79. The Hall–Kier alpha value is -1.08. The lowest BCUT2D eigenvalue weighted by Gasteiger charge is -2.01. The highest BCUT2D eigenvalue weighted by atomic mass is 16.7. The second kappa shape index (κ2) is 2.76. The Labute approximate surface area is 71.1 Å². The summed E-state index contributed by atoms with van der Waals surface area (Å²) < 4.78 is 9.49. The van der Waals surface area contributed by atoms with Crippen LogP contribution in [0.15, 0.2) is 0 Å². The van der Waals surface area contributed by atoms with Crippen molar-refractivity contribution in [1.82, 2.24) is 0 Å². The Morgan fingerprint density at radius 3 is 2.58 bits per heavy atom. The molecule has 1 fully saturated rings. The van der Waals surface area contributed by atoms with Gasteiger partial charge in [0, 0.05) is 0 Å². The molecule has 66 valence electrons. The van der Waals surface area contributed by atoms with Gasteiger partial charge in [0.2, 0.25) is 0 Å². The van der Waals surface area contributed by atoms with Crippen LogP contribution in [0, 0.1) is 17.2 Å². The van der Waals surface area contributed by atoms with E-state index in [1.807, 2.05) is 19.9 Å². The number of nitriles is 1. The van der Waals surface area contributed by atoms with E-state index in [1.54, 1.807) is 0 Å². The predicted octanol–water partition coefficient (Wildman–Crippen LogP) is 0.477. The highest BCUT2D eigenvalue weighted by molar-refractivity contribution is 5.87. The molecule has 2 atom stereocenters. The van der Waals surface area contributed by atoms with Gasteiger partial charge < -0.3 is 9.47 Å². The molecule has 0 unspecified atom stereocenters. The van der Waals surface area contributed by atoms with E-state index in [-0.39, 0.29) is 12.0 Å². The van der Waals surface area contributed by atoms with Gasteiger partial charge in [-0.3, -0.25) is 0 Å². The maximum absolute atomic E-state index is 11.1. The van der Waals surface area contributed by atoms with Crippen molar-refractivity contribution in [3.05, 3.63) is 0 Å². The van der Waals surface area contributed by atoms with Gasteiger partial charge in [0.1, 0.15) is 12.2 Å². The third-order valence-electron chi connectivity index (χ3n) is 1.92. The molecule has 1 aliphatic heterocycles. The molecule has 0 radical (unpaired) electrons. The van der Waals surface area contributed by atoms with Crippen molar-refractivity contribution in [2.24, 2.45) is 5.92 Å². The number of epoxide rings is 1. The van der Waals surface area contributed by atoms with Gasteiger partial charge in [0.15, 0.2) is 0 Å². The van der Waals surface area contributed by atoms with E-state index >= 15 is 0 Å². The Balaban J connectivity index is 2.73. The summed E-state index contributed by atoms with van der Waals surface area (Å²) in [5.41, 5.74) is -1.32. The highest BCUT2D eigenvalue weighted by Gasteiger charge is 2.66. The molecule has 0 bridgehead atoms. The number of rotatable bonds is 2. The third kappa shape index (κ3) is 1.07. The molecule has 0 N–H and O–H groups in total. The monoisotopic (exact) mass is 169 g/mol. The first-order valence-electron chi connectivity index (χ1n) is 3.76. The molecule has 12 heavy (non-hydrogen) atoms. The van der Waals surface area contributed by atoms with Crippen LogP contribution in [0.5, 0.6) is 0 Å². The van der Waals surface area contributed by atoms with Crippen LogP contribution in [0.25, 0.3) is 0 Å². The van der Waals surface area contributed by atoms with Gasteiger partial charge >= 0.3 is 5.97 Å². The summed E-state index contributed by atoms with van der Waals surface area (Å²) in [7, 11) is 1.25. The number of nitrogens with zero attached hydrogens (tertiary/aromatic N) is 1. The van der Waals surface area contributed by atoms with Crippen molar-refractivity contribution in [1.29, 1.82) is 5.26 Å². The molecule has 4 heteroatoms. The van der Waals surface area contributed by atoms with E-state index < -0.39 is 11.6 Å². The van der Waals surface area contributed by atoms with E-state index in [4.69, 9.17) is 10.00 Å². The standard InChI is InChI=1S/C8H11NO3/c1-5(2)6-8(4-9,12-6)7(10)11-3/h5-6H,1-3H3/t6-,8+/m0/s1. The number of methoxy groups -OCH3 is 1. The lowest BCUT2D eigenvalue weighted by atomic mass is 9.99. The van der Waals surface area contributed by atoms with E-state index in [1.165, 1.54) is 7.11 Å². The number of carbonyl (C=O) groups is 1. The molecule has 0 aromatic carbocycles. The van der Waals surface area contributed by atoms with E-state index in [0.717, 1.165) is 0 Å². The van der Waals surface area contributed by atoms with Crippen molar-refractivity contribution in [2.45, 2.75) is 25.6 Å². The zero-order valence-electron chi connectivity index (χ0n) is 7.33. The Bertz CT molecular complexity index is 243. The average Bonchev–Trinajstić information content (AvgIpc) is 2.79. The number of hydrogen-bond acceptors (Lipinski definition) is 4. The van der Waals surface area contributed by atoms with Crippen molar-refractivity contribution in [2.75, 3.05) is 7.11 Å². The summed E-state index contributed by atoms with van der Waals surface area (Å²) >= 11 is 0. The van der Waals surface area contributed by atoms with Crippen LogP contribution in [0.4, 0.5) is 0 Å². The molecule has 0 saturated carbocycles. The zero-order chi connectivity index (χ0) is 9.35. The molecule has 0 aromatic heterocycles. The molecule has 0 spiro atoms. The van der Waals surface area contributed by atoms with E-state index in [9.17, 15) is 4.79 Å². The maximum atomic E-state index is 11.1. The molecule has 0 amide bonds. The summed E-state index contributed by atoms with van der Waals surface area (Å²) in [4.78, 5) is 11.1. The molecule has 1 saturated heterocycles. The van der Waals surface area contributed by atoms with Crippen LogP contribution in [0.3, 0.4) is 0 Å². The lowest BCUT2D eigenvalue weighted by Crippen LogP contribution is -2.28. The second-order valence-electron chi connectivity index (χ2n) is 3.12. The van der Waals surface area contributed by atoms with Crippen molar-refractivity contribution >= 4 is 5.97 Å². The summed E-state index contributed by atoms with van der Waals surface area (Å²) in [6, 6.07) is 1.84. The molecule has 1 rings (SSSR count). The fourth-order valence-corrected chi connectivity index (χ4v) is 1.22. The minimum Gasteiger partial charge on any atom is -0.466 e. The van der Waals surface area contributed by atoms with Crippen molar-refractivity contribution in [3.8, 4) is 6.07 Å². The zero-order valence-corrected chi connectivity index (χ0v) is 7.33. The van der Waals surface area contributed by atoms with Crippen molar-refractivity contribution < 1.29 is 14.3 Å². The molecule has 0 aromatic rings. The summed E-state index contributed by atoms with van der Waals surface area (Å²) in [5, 5.41) is 8.70. The number of esters is 1. The largest absolute Gasteiger partial charge is 0.466 e. The van der Waals surface area contributed by atoms with Gasteiger partial charge in [-0.1, -0.05) is 13.8 Å². The van der Waals surface area contributed by atoms with Gasteiger partial charge in [-0.2, -0.15) is 5.26 Å². The fourth-order valence-electron chi connectivity index (χ4n) is 1.22. The van der Waals surface area contributed by atoms with Crippen molar-refractivity contribution in [3.63, 3.8) is 0 Å². The van der Waals surface area contributed by atoms with E-state index in [2.05, 4.69) is 4.74 Å². The number of carbonyl (C=O) groups excluding carboxylic acids is 1. The molecule has 1 aliphatic rings. The molecular formula is C8H11NO3. The fraction of sp³-hybridized carbons (Fsp3) is 0.750. The second-order valence-corrected chi connectivity index (χ2v) is 3.12. The normalized spacial score (nSPS) is 32.8. The molecule has 4 nitrogen and oxygen atoms in total.